The van der Waals surface area contributed by atoms with Crippen molar-refractivity contribution in [3.63, 3.8) is 0 Å². The molecule has 0 aromatic carbocycles. The SMILES string of the molecule is CCCSCc1ncc(C(C)=O)s1. The second-order valence-corrected chi connectivity index (χ2v) is 4.95. The molecule has 4 heteroatoms. The Labute approximate surface area is 86.8 Å². The van der Waals surface area contributed by atoms with Gasteiger partial charge in [0.05, 0.1) is 4.88 Å². The molecule has 0 N–H and O–H groups in total. The van der Waals surface area contributed by atoms with Crippen molar-refractivity contribution in [3.8, 4) is 0 Å². The fraction of sp³-hybridized carbons (Fsp3) is 0.556. The van der Waals surface area contributed by atoms with E-state index >= 15 is 0 Å². The summed E-state index contributed by atoms with van der Waals surface area (Å²) in [7, 11) is 0. The van der Waals surface area contributed by atoms with Crippen LogP contribution in [0.15, 0.2) is 6.20 Å². The number of nitrogens with zero attached hydrogens (tertiary/aromatic N) is 1. The summed E-state index contributed by atoms with van der Waals surface area (Å²) in [5, 5.41) is 1.06. The van der Waals surface area contributed by atoms with Gasteiger partial charge in [0.15, 0.2) is 5.78 Å². The lowest BCUT2D eigenvalue weighted by atomic mass is 10.4. The molecule has 0 aliphatic carbocycles. The molecule has 1 aromatic rings. The third-order valence-electron chi connectivity index (χ3n) is 1.47. The van der Waals surface area contributed by atoms with Crippen molar-refractivity contribution in [3.05, 3.63) is 16.1 Å². The van der Waals surface area contributed by atoms with Crippen LogP contribution < -0.4 is 0 Å². The Bertz CT molecular complexity index is 283. The molecule has 1 rings (SSSR count). The Morgan fingerprint density at radius 1 is 1.69 bits per heavy atom. The lowest BCUT2D eigenvalue weighted by Gasteiger charge is -1.93. The van der Waals surface area contributed by atoms with Crippen molar-refractivity contribution in [2.75, 3.05) is 5.75 Å². The monoisotopic (exact) mass is 215 g/mol. The highest BCUT2D eigenvalue weighted by Crippen LogP contribution is 2.19. The van der Waals surface area contributed by atoms with E-state index in [1.165, 1.54) is 17.8 Å². The zero-order chi connectivity index (χ0) is 9.68. The molecule has 0 unspecified atom stereocenters. The predicted molar refractivity (Wildman–Crippen MR) is 58.6 cm³/mol. The standard InChI is InChI=1S/C9H13NOS2/c1-3-4-12-6-9-10-5-8(13-9)7(2)11/h5H,3-4,6H2,1-2H3. The Morgan fingerprint density at radius 2 is 2.46 bits per heavy atom. The Balaban J connectivity index is 2.44. The van der Waals surface area contributed by atoms with Crippen LogP contribution in [0.1, 0.15) is 34.9 Å². The van der Waals surface area contributed by atoms with Crippen LogP contribution in [0.2, 0.25) is 0 Å². The molecular formula is C9H13NOS2. The molecule has 0 spiro atoms. The third-order valence-corrected chi connectivity index (χ3v) is 3.93. The zero-order valence-corrected chi connectivity index (χ0v) is 9.50. The lowest BCUT2D eigenvalue weighted by Crippen LogP contribution is -1.83. The molecule has 0 amide bonds. The highest BCUT2D eigenvalue weighted by atomic mass is 32.2. The molecule has 0 saturated heterocycles. The van der Waals surface area contributed by atoms with Crippen molar-refractivity contribution in [2.45, 2.75) is 26.0 Å². The fourth-order valence-electron chi connectivity index (χ4n) is 0.844. The minimum Gasteiger partial charge on any atom is -0.294 e. The van der Waals surface area contributed by atoms with Gasteiger partial charge in [-0.3, -0.25) is 4.79 Å². The smallest absolute Gasteiger partial charge is 0.171 e. The summed E-state index contributed by atoms with van der Waals surface area (Å²) in [6.45, 7) is 3.74. The number of thioether (sulfide) groups is 1. The van der Waals surface area contributed by atoms with Gasteiger partial charge in [-0.2, -0.15) is 11.8 Å². The molecule has 0 atom stereocenters. The average Bonchev–Trinajstić information content (AvgIpc) is 2.53. The topological polar surface area (TPSA) is 30.0 Å². The van der Waals surface area contributed by atoms with Crippen LogP contribution in [-0.4, -0.2) is 16.5 Å². The van der Waals surface area contributed by atoms with Crippen LogP contribution in [0, 0.1) is 0 Å². The van der Waals surface area contributed by atoms with Gasteiger partial charge in [0.1, 0.15) is 5.01 Å². The quantitative estimate of drug-likeness (QED) is 0.558. The molecular weight excluding hydrogens is 202 g/mol. The van der Waals surface area contributed by atoms with Crippen molar-refractivity contribution >= 4 is 28.9 Å². The first kappa shape index (κ1) is 10.7. The van der Waals surface area contributed by atoms with Gasteiger partial charge in [0.25, 0.3) is 0 Å². The molecule has 0 saturated carbocycles. The van der Waals surface area contributed by atoms with Crippen LogP contribution in [0.3, 0.4) is 0 Å². The summed E-state index contributed by atoms with van der Waals surface area (Å²) in [6, 6.07) is 0. The second-order valence-electron chi connectivity index (χ2n) is 2.73. The number of rotatable bonds is 5. The van der Waals surface area contributed by atoms with Crippen molar-refractivity contribution in [2.24, 2.45) is 0 Å². The number of carbonyl (C=O) groups excluding carboxylic acids is 1. The van der Waals surface area contributed by atoms with Crippen LogP contribution >= 0.6 is 23.1 Å². The maximum Gasteiger partial charge on any atom is 0.171 e. The number of ketones is 1. The van der Waals surface area contributed by atoms with Gasteiger partial charge in [-0.25, -0.2) is 4.98 Å². The number of thiazole rings is 1. The maximum atomic E-state index is 11.0. The van der Waals surface area contributed by atoms with Crippen molar-refractivity contribution in [1.29, 1.82) is 0 Å². The van der Waals surface area contributed by atoms with Gasteiger partial charge in [-0.15, -0.1) is 11.3 Å². The minimum absolute atomic E-state index is 0.115. The molecule has 72 valence electrons. The van der Waals surface area contributed by atoms with Gasteiger partial charge in [-0.1, -0.05) is 6.92 Å². The number of hydrogen-bond acceptors (Lipinski definition) is 4. The van der Waals surface area contributed by atoms with E-state index in [-0.39, 0.29) is 5.78 Å². The summed E-state index contributed by atoms with van der Waals surface area (Å²) in [6.07, 6.45) is 2.87. The predicted octanol–water partition coefficient (Wildman–Crippen LogP) is 2.99. The first-order chi connectivity index (χ1) is 6.24. The molecule has 1 aromatic heterocycles. The van der Waals surface area contributed by atoms with Crippen LogP contribution in [-0.2, 0) is 5.75 Å². The van der Waals surface area contributed by atoms with Gasteiger partial charge in [-0.05, 0) is 12.2 Å². The van der Waals surface area contributed by atoms with Crippen LogP contribution in [0.5, 0.6) is 0 Å². The Morgan fingerprint density at radius 3 is 3.00 bits per heavy atom. The molecule has 0 bridgehead atoms. The Kier molecular flexibility index (Phi) is 4.45. The van der Waals surface area contributed by atoms with Crippen LogP contribution in [0.25, 0.3) is 0 Å². The van der Waals surface area contributed by atoms with E-state index in [1.54, 1.807) is 13.1 Å². The third kappa shape index (κ3) is 3.48. The first-order valence-electron chi connectivity index (χ1n) is 4.27. The molecule has 0 radical (unpaired) electrons. The zero-order valence-electron chi connectivity index (χ0n) is 7.87. The van der Waals surface area contributed by atoms with E-state index in [1.807, 2.05) is 11.8 Å². The normalized spacial score (nSPS) is 10.3. The highest BCUT2D eigenvalue weighted by molar-refractivity contribution is 7.98. The van der Waals surface area contributed by atoms with Crippen molar-refractivity contribution < 1.29 is 4.79 Å². The summed E-state index contributed by atoms with van der Waals surface area (Å²) in [5.41, 5.74) is 0. The summed E-state index contributed by atoms with van der Waals surface area (Å²) in [4.78, 5) is 15.9. The van der Waals surface area contributed by atoms with E-state index in [0.717, 1.165) is 21.4 Å². The molecule has 13 heavy (non-hydrogen) atoms. The van der Waals surface area contributed by atoms with Crippen molar-refractivity contribution in [1.82, 2.24) is 4.98 Å². The van der Waals surface area contributed by atoms with Gasteiger partial charge < -0.3 is 0 Å². The van der Waals surface area contributed by atoms with E-state index < -0.39 is 0 Å². The van der Waals surface area contributed by atoms with Crippen LogP contribution in [0.4, 0.5) is 0 Å². The Hall–Kier alpha value is -0.350. The number of aromatic nitrogens is 1. The fourth-order valence-corrected chi connectivity index (χ4v) is 2.62. The molecule has 0 aliphatic heterocycles. The molecule has 2 nitrogen and oxygen atoms in total. The van der Waals surface area contributed by atoms with Gasteiger partial charge in [0, 0.05) is 18.9 Å². The maximum absolute atomic E-state index is 11.0. The summed E-state index contributed by atoms with van der Waals surface area (Å²) in [5.74, 6) is 2.21. The summed E-state index contributed by atoms with van der Waals surface area (Å²) >= 11 is 3.38. The lowest BCUT2D eigenvalue weighted by molar-refractivity contribution is 0.102. The van der Waals surface area contributed by atoms with E-state index in [4.69, 9.17) is 0 Å². The largest absolute Gasteiger partial charge is 0.294 e. The van der Waals surface area contributed by atoms with E-state index in [0.29, 0.717) is 0 Å². The van der Waals surface area contributed by atoms with E-state index in [2.05, 4.69) is 11.9 Å². The molecule has 0 fully saturated rings. The number of hydrogen-bond donors (Lipinski definition) is 0. The first-order valence-corrected chi connectivity index (χ1v) is 6.24. The molecule has 1 heterocycles. The number of Topliss-reactive ketones (excluding diaryl/α,β-unsaturated/α-hetero) is 1. The molecule has 0 aliphatic rings. The highest BCUT2D eigenvalue weighted by Gasteiger charge is 2.05. The van der Waals surface area contributed by atoms with Gasteiger partial charge in [0.2, 0.25) is 0 Å². The van der Waals surface area contributed by atoms with E-state index in [9.17, 15) is 4.79 Å². The summed E-state index contributed by atoms with van der Waals surface area (Å²) < 4.78 is 0. The average molecular weight is 215 g/mol. The van der Waals surface area contributed by atoms with Gasteiger partial charge >= 0.3 is 0 Å². The minimum atomic E-state index is 0.115. The second kappa shape index (κ2) is 5.40. The number of carbonyl (C=O) groups is 1.